The first-order valence-corrected chi connectivity index (χ1v) is 11.2. The van der Waals surface area contributed by atoms with Crippen LogP contribution in [0.3, 0.4) is 0 Å². The van der Waals surface area contributed by atoms with Gasteiger partial charge in [-0.2, -0.15) is 0 Å². The quantitative estimate of drug-likeness (QED) is 0.344. The average molecular weight is 521 g/mol. The lowest BCUT2D eigenvalue weighted by Gasteiger charge is -2.12. The molecule has 0 radical (unpaired) electrons. The van der Waals surface area contributed by atoms with Gasteiger partial charge in [0.05, 0.1) is 12.8 Å². The summed E-state index contributed by atoms with van der Waals surface area (Å²) in [6, 6.07) is 19.9. The standard InChI is InChI=1S/C26H21BrN2O5/c1-16-8-10-20(19(27)12-16)28-24(30)15-33-22-11-9-17(14-23(22)32-2)13-21-26(31)34-25(29-21)18-6-4-3-5-7-18/h3-14H,15H2,1-2H3,(H,28,30)/b21-13-. The number of nitrogens with zero attached hydrogens (tertiary/aromatic N) is 1. The molecule has 4 rings (SSSR count). The first-order chi connectivity index (χ1) is 16.4. The number of carbonyl (C=O) groups is 2. The van der Waals surface area contributed by atoms with E-state index < -0.39 is 5.97 Å². The van der Waals surface area contributed by atoms with E-state index in [1.807, 2.05) is 55.5 Å². The monoisotopic (exact) mass is 520 g/mol. The van der Waals surface area contributed by atoms with Crippen molar-refractivity contribution in [3.05, 3.63) is 93.6 Å². The molecule has 1 amide bonds. The van der Waals surface area contributed by atoms with Crippen LogP contribution in [-0.4, -0.2) is 31.5 Å². The summed E-state index contributed by atoms with van der Waals surface area (Å²) in [5, 5.41) is 2.80. The number of halogens is 1. The number of cyclic esters (lactones) is 1. The summed E-state index contributed by atoms with van der Waals surface area (Å²) >= 11 is 3.44. The zero-order valence-electron chi connectivity index (χ0n) is 18.5. The Morgan fingerprint density at radius 1 is 1.09 bits per heavy atom. The van der Waals surface area contributed by atoms with E-state index in [1.165, 1.54) is 7.11 Å². The van der Waals surface area contributed by atoms with Crippen LogP contribution >= 0.6 is 15.9 Å². The molecule has 0 fully saturated rings. The second-order valence-corrected chi connectivity index (χ2v) is 8.29. The maximum atomic E-state index is 12.3. The molecule has 0 aliphatic carbocycles. The Kier molecular flexibility index (Phi) is 7.08. The number of aryl methyl sites for hydroxylation is 1. The minimum Gasteiger partial charge on any atom is -0.493 e. The van der Waals surface area contributed by atoms with Gasteiger partial charge < -0.3 is 19.5 Å². The summed E-state index contributed by atoms with van der Waals surface area (Å²) in [5.41, 5.74) is 3.30. The molecule has 0 unspecified atom stereocenters. The minimum atomic E-state index is -0.530. The predicted molar refractivity (Wildman–Crippen MR) is 133 cm³/mol. The number of methoxy groups -OCH3 is 1. The molecular weight excluding hydrogens is 500 g/mol. The van der Waals surface area contributed by atoms with Crippen molar-refractivity contribution < 1.29 is 23.8 Å². The highest BCUT2D eigenvalue weighted by Gasteiger charge is 2.24. The van der Waals surface area contributed by atoms with Crippen LogP contribution in [0.15, 0.2) is 81.9 Å². The molecule has 0 atom stereocenters. The van der Waals surface area contributed by atoms with Crippen molar-refractivity contribution in [3.8, 4) is 11.5 Å². The second kappa shape index (κ2) is 10.4. The van der Waals surface area contributed by atoms with Gasteiger partial charge in [-0.3, -0.25) is 4.79 Å². The Balaban J connectivity index is 1.45. The van der Waals surface area contributed by atoms with E-state index in [9.17, 15) is 9.59 Å². The van der Waals surface area contributed by atoms with Crippen LogP contribution < -0.4 is 14.8 Å². The van der Waals surface area contributed by atoms with Gasteiger partial charge in [-0.1, -0.05) is 30.3 Å². The molecule has 8 heteroatoms. The Morgan fingerprint density at radius 3 is 2.62 bits per heavy atom. The van der Waals surface area contributed by atoms with E-state index in [0.717, 1.165) is 15.6 Å². The zero-order chi connectivity index (χ0) is 24.1. The number of anilines is 1. The number of carbonyl (C=O) groups excluding carboxylic acids is 2. The molecule has 34 heavy (non-hydrogen) atoms. The van der Waals surface area contributed by atoms with E-state index in [-0.39, 0.29) is 24.1 Å². The van der Waals surface area contributed by atoms with Gasteiger partial charge in [-0.25, -0.2) is 9.79 Å². The number of esters is 1. The van der Waals surface area contributed by atoms with Crippen LogP contribution in [0.25, 0.3) is 6.08 Å². The van der Waals surface area contributed by atoms with E-state index in [1.54, 1.807) is 24.3 Å². The molecule has 0 saturated carbocycles. The maximum Gasteiger partial charge on any atom is 0.363 e. The Labute approximate surface area is 205 Å². The minimum absolute atomic E-state index is 0.178. The van der Waals surface area contributed by atoms with Gasteiger partial charge in [-0.05, 0) is 76.5 Å². The number of ether oxygens (including phenoxy) is 3. The van der Waals surface area contributed by atoms with Crippen molar-refractivity contribution in [1.29, 1.82) is 0 Å². The van der Waals surface area contributed by atoms with E-state index >= 15 is 0 Å². The fraction of sp³-hybridized carbons (Fsp3) is 0.115. The predicted octanol–water partition coefficient (Wildman–Crippen LogP) is 5.13. The largest absolute Gasteiger partial charge is 0.493 e. The van der Waals surface area contributed by atoms with E-state index in [2.05, 4.69) is 26.2 Å². The van der Waals surface area contributed by atoms with E-state index in [0.29, 0.717) is 22.7 Å². The highest BCUT2D eigenvalue weighted by atomic mass is 79.9. The van der Waals surface area contributed by atoms with Crippen LogP contribution in [0, 0.1) is 6.92 Å². The lowest BCUT2D eigenvalue weighted by molar-refractivity contribution is -0.130. The van der Waals surface area contributed by atoms with Gasteiger partial charge in [0.25, 0.3) is 5.91 Å². The van der Waals surface area contributed by atoms with Crippen LogP contribution in [0.1, 0.15) is 16.7 Å². The summed E-state index contributed by atoms with van der Waals surface area (Å²) in [7, 11) is 1.50. The molecule has 1 aliphatic heterocycles. The summed E-state index contributed by atoms with van der Waals surface area (Å²) < 4.78 is 17.1. The number of aliphatic imine (C=N–C) groups is 1. The van der Waals surface area contributed by atoms with Crippen LogP contribution in [0.5, 0.6) is 11.5 Å². The molecule has 1 heterocycles. The third kappa shape index (κ3) is 5.52. The second-order valence-electron chi connectivity index (χ2n) is 7.43. The third-order valence-electron chi connectivity index (χ3n) is 4.89. The van der Waals surface area contributed by atoms with Crippen molar-refractivity contribution in [1.82, 2.24) is 0 Å². The molecule has 172 valence electrons. The SMILES string of the molecule is COc1cc(/C=C2\N=C(c3ccccc3)OC2=O)ccc1OCC(=O)Nc1ccc(C)cc1Br. The number of hydrogen-bond donors (Lipinski definition) is 1. The third-order valence-corrected chi connectivity index (χ3v) is 5.55. The molecule has 7 nitrogen and oxygen atoms in total. The van der Waals surface area contributed by atoms with Crippen LogP contribution in [-0.2, 0) is 14.3 Å². The number of nitrogens with one attached hydrogen (secondary N) is 1. The average Bonchev–Trinajstić information content (AvgIpc) is 3.20. The summed E-state index contributed by atoms with van der Waals surface area (Å²) in [5.74, 6) is 0.226. The highest BCUT2D eigenvalue weighted by Crippen LogP contribution is 2.30. The van der Waals surface area contributed by atoms with E-state index in [4.69, 9.17) is 14.2 Å². The molecule has 1 aliphatic rings. The smallest absolute Gasteiger partial charge is 0.363 e. The Morgan fingerprint density at radius 2 is 1.88 bits per heavy atom. The topological polar surface area (TPSA) is 86.2 Å². The maximum absolute atomic E-state index is 12.3. The molecule has 3 aromatic rings. The fourth-order valence-electron chi connectivity index (χ4n) is 3.22. The van der Waals surface area contributed by atoms with Crippen molar-refractivity contribution >= 4 is 45.5 Å². The number of amides is 1. The van der Waals surface area contributed by atoms with Gasteiger partial charge in [0.1, 0.15) is 0 Å². The van der Waals surface area contributed by atoms with Gasteiger partial charge in [-0.15, -0.1) is 0 Å². The summed E-state index contributed by atoms with van der Waals surface area (Å²) in [6.45, 7) is 1.77. The highest BCUT2D eigenvalue weighted by molar-refractivity contribution is 9.10. The lowest BCUT2D eigenvalue weighted by atomic mass is 10.1. The number of benzene rings is 3. The molecular formula is C26H21BrN2O5. The molecule has 0 aromatic heterocycles. The molecule has 0 saturated heterocycles. The van der Waals surface area contributed by atoms with Crippen LogP contribution in [0.2, 0.25) is 0 Å². The van der Waals surface area contributed by atoms with Crippen molar-refractivity contribution in [2.24, 2.45) is 4.99 Å². The summed E-state index contributed by atoms with van der Waals surface area (Å²) in [6.07, 6.45) is 1.60. The summed E-state index contributed by atoms with van der Waals surface area (Å²) in [4.78, 5) is 28.9. The van der Waals surface area contributed by atoms with Crippen LogP contribution in [0.4, 0.5) is 5.69 Å². The fourth-order valence-corrected chi connectivity index (χ4v) is 3.81. The number of hydrogen-bond acceptors (Lipinski definition) is 6. The van der Waals surface area contributed by atoms with Gasteiger partial charge >= 0.3 is 5.97 Å². The Bertz CT molecular complexity index is 1300. The number of rotatable bonds is 7. The zero-order valence-corrected chi connectivity index (χ0v) is 20.1. The Hall–Kier alpha value is -3.91. The first kappa shape index (κ1) is 23.3. The van der Waals surface area contributed by atoms with Gasteiger partial charge in [0.2, 0.25) is 5.90 Å². The molecule has 1 N–H and O–H groups in total. The van der Waals surface area contributed by atoms with Crippen molar-refractivity contribution in [2.45, 2.75) is 6.92 Å². The van der Waals surface area contributed by atoms with Gasteiger partial charge in [0, 0.05) is 10.0 Å². The molecule has 0 spiro atoms. The lowest BCUT2D eigenvalue weighted by Crippen LogP contribution is -2.20. The first-order valence-electron chi connectivity index (χ1n) is 10.4. The van der Waals surface area contributed by atoms with Crippen molar-refractivity contribution in [2.75, 3.05) is 19.0 Å². The molecule has 3 aromatic carbocycles. The normalized spacial score (nSPS) is 13.9. The molecule has 0 bridgehead atoms. The van der Waals surface area contributed by atoms with Crippen molar-refractivity contribution in [3.63, 3.8) is 0 Å². The van der Waals surface area contributed by atoms with Gasteiger partial charge in [0.15, 0.2) is 23.8 Å².